The van der Waals surface area contributed by atoms with E-state index in [4.69, 9.17) is 5.73 Å². The van der Waals surface area contributed by atoms with Crippen LogP contribution in [0.1, 0.15) is 69.0 Å². The fourth-order valence-electron chi connectivity index (χ4n) is 6.68. The van der Waals surface area contributed by atoms with Gasteiger partial charge in [0.1, 0.15) is 11.6 Å². The summed E-state index contributed by atoms with van der Waals surface area (Å²) in [5.74, 6) is -0.815. The van der Waals surface area contributed by atoms with E-state index in [1.165, 1.54) is 5.56 Å². The largest absolute Gasteiger partial charge is 0.366 e. The Morgan fingerprint density at radius 3 is 2.51 bits per heavy atom. The van der Waals surface area contributed by atoms with E-state index in [-0.39, 0.29) is 24.1 Å². The smallest absolute Gasteiger partial charge is 0.255 e. The van der Waals surface area contributed by atoms with Crippen LogP contribution in [0.4, 0.5) is 0 Å². The summed E-state index contributed by atoms with van der Waals surface area (Å²) < 4.78 is 1.79. The number of likely N-dealkylation sites (tertiary alicyclic amines) is 1. The maximum Gasteiger partial charge on any atom is 0.255 e. The first-order valence-corrected chi connectivity index (χ1v) is 14.7. The predicted molar refractivity (Wildman–Crippen MR) is 159 cm³/mol. The van der Waals surface area contributed by atoms with Crippen molar-refractivity contribution in [2.45, 2.75) is 50.7 Å². The van der Waals surface area contributed by atoms with Crippen molar-refractivity contribution in [2.75, 3.05) is 13.1 Å². The molecule has 0 bridgehead atoms. The Morgan fingerprint density at radius 1 is 0.977 bits per heavy atom. The second kappa shape index (κ2) is 10.8. The molecule has 10 heteroatoms. The number of amides is 4. The lowest BCUT2D eigenvalue weighted by molar-refractivity contribution is -0.136. The van der Waals surface area contributed by atoms with E-state index in [9.17, 15) is 19.2 Å². The van der Waals surface area contributed by atoms with Crippen molar-refractivity contribution >= 4 is 34.5 Å². The highest BCUT2D eigenvalue weighted by Crippen LogP contribution is 2.32. The highest BCUT2D eigenvalue weighted by atomic mass is 16.2. The average molecular weight is 577 g/mol. The summed E-state index contributed by atoms with van der Waals surface area (Å²) in [4.78, 5) is 52.7. The normalized spacial score (nSPS) is 19.6. The fourth-order valence-corrected chi connectivity index (χ4v) is 6.68. The topological polar surface area (TPSA) is 131 Å². The van der Waals surface area contributed by atoms with E-state index in [0.29, 0.717) is 35.5 Å². The number of nitrogens with zero attached hydrogens (tertiary/aromatic N) is 4. The van der Waals surface area contributed by atoms with Crippen LogP contribution < -0.4 is 11.1 Å². The molecule has 1 aromatic heterocycles. The van der Waals surface area contributed by atoms with E-state index < -0.39 is 11.9 Å². The minimum absolute atomic E-state index is 0.140. The molecule has 4 aromatic rings. The number of benzene rings is 3. The molecule has 1 unspecified atom stereocenters. The zero-order valence-corrected chi connectivity index (χ0v) is 23.7. The van der Waals surface area contributed by atoms with Gasteiger partial charge in [-0.05, 0) is 79.2 Å². The van der Waals surface area contributed by atoms with Crippen LogP contribution in [0.25, 0.3) is 16.6 Å². The molecule has 2 fully saturated rings. The van der Waals surface area contributed by atoms with E-state index in [0.717, 1.165) is 54.7 Å². The first-order valence-electron chi connectivity index (χ1n) is 14.7. The van der Waals surface area contributed by atoms with Gasteiger partial charge in [0.15, 0.2) is 0 Å². The average Bonchev–Trinajstić information content (AvgIpc) is 3.58. The lowest BCUT2D eigenvalue weighted by Gasteiger charge is -2.32. The van der Waals surface area contributed by atoms with Gasteiger partial charge in [-0.2, -0.15) is 5.10 Å². The molecule has 3 aliphatic heterocycles. The fraction of sp³-hybridized carbons (Fsp3) is 0.303. The van der Waals surface area contributed by atoms with Gasteiger partial charge in [-0.1, -0.05) is 36.4 Å². The number of piperidine rings is 2. The first kappa shape index (κ1) is 27.0. The zero-order valence-electron chi connectivity index (χ0n) is 23.7. The van der Waals surface area contributed by atoms with Gasteiger partial charge in [0.2, 0.25) is 11.8 Å². The number of primary amides is 1. The van der Waals surface area contributed by atoms with Crippen LogP contribution in [0.2, 0.25) is 0 Å². The number of imide groups is 1. The molecule has 4 heterocycles. The molecule has 0 radical (unpaired) electrons. The number of carbonyl (C=O) groups is 4. The molecule has 0 spiro atoms. The first-order chi connectivity index (χ1) is 20.8. The Balaban J connectivity index is 0.966. The SMILES string of the molecule is NC(=O)c1cccc2cn(-c3ccc(C4CCN(Cc5ccc6c(c5)CN(C5CCC(=O)NC5=O)C6=O)CC4)cc3)nc12. The van der Waals surface area contributed by atoms with Gasteiger partial charge in [0.25, 0.3) is 11.8 Å². The lowest BCUT2D eigenvalue weighted by Crippen LogP contribution is -2.52. The van der Waals surface area contributed by atoms with E-state index in [1.807, 2.05) is 30.5 Å². The van der Waals surface area contributed by atoms with Crippen LogP contribution in [0.5, 0.6) is 0 Å². The summed E-state index contributed by atoms with van der Waals surface area (Å²) in [6, 6.07) is 19.3. The summed E-state index contributed by atoms with van der Waals surface area (Å²) in [5.41, 5.74) is 11.5. The quantitative estimate of drug-likeness (QED) is 0.339. The zero-order chi connectivity index (χ0) is 29.7. The molecule has 10 nitrogen and oxygen atoms in total. The maximum atomic E-state index is 13.0. The third kappa shape index (κ3) is 5.08. The molecule has 3 aliphatic rings. The van der Waals surface area contributed by atoms with Gasteiger partial charge < -0.3 is 10.6 Å². The third-order valence-corrected chi connectivity index (χ3v) is 9.01. The van der Waals surface area contributed by atoms with Crippen LogP contribution in [0.15, 0.2) is 66.9 Å². The molecule has 0 aliphatic carbocycles. The Morgan fingerprint density at radius 2 is 1.77 bits per heavy atom. The van der Waals surface area contributed by atoms with Crippen molar-refractivity contribution in [3.05, 3.63) is 94.7 Å². The van der Waals surface area contributed by atoms with Crippen molar-refractivity contribution in [3.8, 4) is 5.69 Å². The highest BCUT2D eigenvalue weighted by Gasteiger charge is 2.39. The second-order valence-corrected chi connectivity index (χ2v) is 11.7. The van der Waals surface area contributed by atoms with Crippen LogP contribution >= 0.6 is 0 Å². The van der Waals surface area contributed by atoms with Crippen LogP contribution in [0, 0.1) is 0 Å². The van der Waals surface area contributed by atoms with Crippen molar-refractivity contribution in [1.29, 1.82) is 0 Å². The standard InChI is InChI=1S/C33H32N6O4/c34-31(41)27-3-1-2-23-19-39(36-30(23)27)25-7-5-21(6-8-25)22-12-14-37(15-13-22)17-20-4-9-26-24(16-20)18-38(33(26)43)28-10-11-29(40)35-32(28)42/h1-9,16,19,22,28H,10-15,17-18H2,(H2,34,41)(H,35,40,42). The Kier molecular flexibility index (Phi) is 6.78. The molecule has 2 saturated heterocycles. The van der Waals surface area contributed by atoms with Gasteiger partial charge >= 0.3 is 0 Å². The molecule has 3 N–H and O–H groups in total. The number of hydrogen-bond acceptors (Lipinski definition) is 6. The summed E-state index contributed by atoms with van der Waals surface area (Å²) >= 11 is 0. The van der Waals surface area contributed by atoms with E-state index in [1.54, 1.807) is 15.6 Å². The Hall–Kier alpha value is -4.83. The number of nitrogens with two attached hydrogens (primary N) is 1. The molecule has 218 valence electrons. The lowest BCUT2D eigenvalue weighted by atomic mass is 9.89. The number of nitrogens with one attached hydrogen (secondary N) is 1. The summed E-state index contributed by atoms with van der Waals surface area (Å²) in [6.07, 6.45) is 4.64. The van der Waals surface area contributed by atoms with Gasteiger partial charge in [-0.15, -0.1) is 0 Å². The van der Waals surface area contributed by atoms with Crippen molar-refractivity contribution in [2.24, 2.45) is 5.73 Å². The number of fused-ring (bicyclic) bond motifs is 2. The molecular formula is C33H32N6O4. The number of carbonyl (C=O) groups excluding carboxylic acids is 4. The Bertz CT molecular complexity index is 1770. The molecule has 3 aromatic carbocycles. The van der Waals surface area contributed by atoms with Crippen LogP contribution in [-0.2, 0) is 22.7 Å². The number of hydrogen-bond donors (Lipinski definition) is 2. The van der Waals surface area contributed by atoms with Crippen LogP contribution in [0.3, 0.4) is 0 Å². The van der Waals surface area contributed by atoms with Crippen molar-refractivity contribution in [3.63, 3.8) is 0 Å². The summed E-state index contributed by atoms with van der Waals surface area (Å²) in [7, 11) is 0. The maximum absolute atomic E-state index is 13.0. The molecule has 43 heavy (non-hydrogen) atoms. The molecule has 7 rings (SSSR count). The molecular weight excluding hydrogens is 544 g/mol. The van der Waals surface area contributed by atoms with Gasteiger partial charge in [-0.3, -0.25) is 29.4 Å². The summed E-state index contributed by atoms with van der Waals surface area (Å²) in [5, 5.41) is 7.84. The van der Waals surface area contributed by atoms with Crippen molar-refractivity contribution < 1.29 is 19.2 Å². The van der Waals surface area contributed by atoms with Crippen molar-refractivity contribution in [1.82, 2.24) is 24.9 Å². The number of rotatable bonds is 6. The van der Waals surface area contributed by atoms with Gasteiger partial charge in [0.05, 0.1) is 11.3 Å². The molecule has 4 amide bonds. The Labute approximate surface area is 248 Å². The second-order valence-electron chi connectivity index (χ2n) is 11.7. The van der Waals surface area contributed by atoms with E-state index >= 15 is 0 Å². The number of aromatic nitrogens is 2. The third-order valence-electron chi connectivity index (χ3n) is 9.01. The summed E-state index contributed by atoms with van der Waals surface area (Å²) in [6.45, 7) is 3.16. The highest BCUT2D eigenvalue weighted by molar-refractivity contribution is 6.06. The predicted octanol–water partition coefficient (Wildman–Crippen LogP) is 3.27. The minimum Gasteiger partial charge on any atom is -0.366 e. The van der Waals surface area contributed by atoms with Gasteiger partial charge in [0, 0.05) is 36.7 Å². The molecule has 1 atom stereocenters. The van der Waals surface area contributed by atoms with Gasteiger partial charge in [-0.25, -0.2) is 4.68 Å². The van der Waals surface area contributed by atoms with Crippen LogP contribution in [-0.4, -0.2) is 62.3 Å². The van der Waals surface area contributed by atoms with E-state index in [2.05, 4.69) is 45.6 Å². The minimum atomic E-state index is -0.594. The monoisotopic (exact) mass is 576 g/mol. The molecule has 0 saturated carbocycles.